The number of hydrogen-bond acceptors (Lipinski definition) is 4. The van der Waals surface area contributed by atoms with Crippen LogP contribution in [0.3, 0.4) is 0 Å². The Morgan fingerprint density at radius 2 is 1.74 bits per heavy atom. The van der Waals surface area contributed by atoms with Crippen molar-refractivity contribution < 1.29 is 14.3 Å². The summed E-state index contributed by atoms with van der Waals surface area (Å²) in [5.74, 6) is 0.0527. The third-order valence-corrected chi connectivity index (χ3v) is 6.53. The molecule has 0 saturated carbocycles. The molecule has 3 atom stereocenters. The van der Waals surface area contributed by atoms with Gasteiger partial charge in [-0.1, -0.05) is 60.7 Å². The van der Waals surface area contributed by atoms with Gasteiger partial charge in [-0.2, -0.15) is 0 Å². The SMILES string of the molecule is COC(=O)c1ccc([C@@H]2[C@@H]3CCCOC3c3ccccc3N2Cc2ccccc2)cc1. The molecule has 5 rings (SSSR count). The largest absolute Gasteiger partial charge is 0.465 e. The molecule has 0 spiro atoms. The van der Waals surface area contributed by atoms with Crippen LogP contribution in [0.1, 0.15) is 52.0 Å². The van der Waals surface area contributed by atoms with E-state index in [1.165, 1.54) is 29.5 Å². The number of para-hydroxylation sites is 1. The zero-order chi connectivity index (χ0) is 21.2. The van der Waals surface area contributed by atoms with Crippen LogP contribution in [0.4, 0.5) is 5.69 Å². The molecule has 2 aliphatic rings. The molecule has 2 heterocycles. The number of benzene rings is 3. The van der Waals surface area contributed by atoms with Crippen LogP contribution in [0.15, 0.2) is 78.9 Å². The Hall–Kier alpha value is -3.11. The summed E-state index contributed by atoms with van der Waals surface area (Å²) in [5, 5.41) is 0. The molecule has 4 heteroatoms. The van der Waals surface area contributed by atoms with E-state index in [4.69, 9.17) is 9.47 Å². The normalized spacial score (nSPS) is 22.4. The lowest BCUT2D eigenvalue weighted by molar-refractivity contribution is -0.0430. The number of rotatable bonds is 4. The molecule has 0 bridgehead atoms. The maximum absolute atomic E-state index is 11.9. The summed E-state index contributed by atoms with van der Waals surface area (Å²) in [6.07, 6.45) is 2.29. The fourth-order valence-corrected chi connectivity index (χ4v) is 5.14. The predicted octanol–water partition coefficient (Wildman–Crippen LogP) is 5.70. The molecule has 4 nitrogen and oxygen atoms in total. The van der Waals surface area contributed by atoms with Gasteiger partial charge in [0.05, 0.1) is 24.8 Å². The molecule has 0 N–H and O–H groups in total. The van der Waals surface area contributed by atoms with Crippen molar-refractivity contribution in [2.45, 2.75) is 31.5 Å². The highest BCUT2D eigenvalue weighted by atomic mass is 16.5. The van der Waals surface area contributed by atoms with Crippen molar-refractivity contribution in [3.8, 4) is 0 Å². The van der Waals surface area contributed by atoms with Gasteiger partial charge in [0.25, 0.3) is 0 Å². The Morgan fingerprint density at radius 3 is 2.52 bits per heavy atom. The first-order valence-corrected chi connectivity index (χ1v) is 11.0. The number of methoxy groups -OCH3 is 1. The van der Waals surface area contributed by atoms with Crippen LogP contribution in [-0.4, -0.2) is 19.7 Å². The van der Waals surface area contributed by atoms with E-state index in [1.807, 2.05) is 12.1 Å². The highest BCUT2D eigenvalue weighted by Gasteiger charge is 2.43. The molecule has 3 aromatic rings. The van der Waals surface area contributed by atoms with E-state index in [0.717, 1.165) is 26.0 Å². The topological polar surface area (TPSA) is 38.8 Å². The van der Waals surface area contributed by atoms with E-state index in [-0.39, 0.29) is 18.1 Å². The fourth-order valence-electron chi connectivity index (χ4n) is 5.14. The zero-order valence-corrected chi connectivity index (χ0v) is 17.7. The number of anilines is 1. The van der Waals surface area contributed by atoms with E-state index in [0.29, 0.717) is 11.5 Å². The number of carbonyl (C=O) groups excluding carboxylic acids is 1. The minimum Gasteiger partial charge on any atom is -0.465 e. The zero-order valence-electron chi connectivity index (χ0n) is 17.7. The van der Waals surface area contributed by atoms with E-state index in [2.05, 4.69) is 71.6 Å². The minimum atomic E-state index is -0.305. The maximum Gasteiger partial charge on any atom is 0.337 e. The first-order valence-electron chi connectivity index (χ1n) is 11.0. The van der Waals surface area contributed by atoms with E-state index in [1.54, 1.807) is 0 Å². The molecule has 1 unspecified atom stereocenters. The molecule has 1 saturated heterocycles. The van der Waals surface area contributed by atoms with Crippen molar-refractivity contribution in [1.82, 2.24) is 0 Å². The summed E-state index contributed by atoms with van der Waals surface area (Å²) in [7, 11) is 1.42. The van der Waals surface area contributed by atoms with E-state index in [9.17, 15) is 4.79 Å². The van der Waals surface area contributed by atoms with Gasteiger partial charge in [0.1, 0.15) is 0 Å². The van der Waals surface area contributed by atoms with Crippen LogP contribution >= 0.6 is 0 Å². The number of fused-ring (bicyclic) bond motifs is 3. The molecule has 2 aliphatic heterocycles. The van der Waals surface area contributed by atoms with Gasteiger partial charge in [0, 0.05) is 30.3 Å². The molecule has 1 fully saturated rings. The van der Waals surface area contributed by atoms with E-state index >= 15 is 0 Å². The lowest BCUT2D eigenvalue weighted by Gasteiger charge is -2.49. The van der Waals surface area contributed by atoms with Gasteiger partial charge in [-0.05, 0) is 42.2 Å². The van der Waals surface area contributed by atoms with Crippen LogP contribution in [0.5, 0.6) is 0 Å². The molecule has 0 radical (unpaired) electrons. The Balaban J connectivity index is 1.61. The lowest BCUT2D eigenvalue weighted by atomic mass is 9.76. The first kappa shape index (κ1) is 19.8. The Labute approximate surface area is 183 Å². The van der Waals surface area contributed by atoms with Gasteiger partial charge >= 0.3 is 5.97 Å². The Morgan fingerprint density at radius 1 is 1.00 bits per heavy atom. The van der Waals surface area contributed by atoms with E-state index < -0.39 is 0 Å². The van der Waals surface area contributed by atoms with Crippen molar-refractivity contribution in [3.63, 3.8) is 0 Å². The van der Waals surface area contributed by atoms with Crippen molar-refractivity contribution in [2.24, 2.45) is 5.92 Å². The van der Waals surface area contributed by atoms with Crippen LogP contribution in [0.25, 0.3) is 0 Å². The number of ether oxygens (including phenoxy) is 2. The summed E-state index contributed by atoms with van der Waals surface area (Å²) >= 11 is 0. The molecular weight excluding hydrogens is 386 g/mol. The van der Waals surface area contributed by atoms with Crippen molar-refractivity contribution in [3.05, 3.63) is 101 Å². The van der Waals surface area contributed by atoms with Crippen LogP contribution in [0.2, 0.25) is 0 Å². The molecular formula is C27H27NO3. The van der Waals surface area contributed by atoms with Crippen molar-refractivity contribution in [1.29, 1.82) is 0 Å². The lowest BCUT2D eigenvalue weighted by Crippen LogP contribution is -2.43. The van der Waals surface area contributed by atoms with Gasteiger partial charge in [-0.25, -0.2) is 4.79 Å². The van der Waals surface area contributed by atoms with Crippen LogP contribution in [-0.2, 0) is 16.0 Å². The summed E-state index contributed by atoms with van der Waals surface area (Å²) in [5.41, 5.74) is 5.58. The first-order chi connectivity index (χ1) is 15.3. The van der Waals surface area contributed by atoms with Crippen LogP contribution < -0.4 is 4.90 Å². The average molecular weight is 414 g/mol. The summed E-state index contributed by atoms with van der Waals surface area (Å²) in [4.78, 5) is 14.5. The Kier molecular flexibility index (Phi) is 5.47. The third-order valence-electron chi connectivity index (χ3n) is 6.53. The standard InChI is InChI=1S/C27H27NO3/c1-30-27(29)21-15-13-20(14-16-21)25-23-11-7-17-31-26(23)22-10-5-6-12-24(22)28(25)18-19-8-3-2-4-9-19/h2-6,8-10,12-16,23,25-26H,7,11,17-18H2,1H3/t23-,25+,26?/m0/s1. The number of esters is 1. The minimum absolute atomic E-state index is 0.0993. The average Bonchev–Trinajstić information content (AvgIpc) is 2.84. The highest BCUT2D eigenvalue weighted by Crippen LogP contribution is 2.52. The molecule has 31 heavy (non-hydrogen) atoms. The quantitative estimate of drug-likeness (QED) is 0.514. The monoisotopic (exact) mass is 413 g/mol. The second-order valence-corrected chi connectivity index (χ2v) is 8.33. The smallest absolute Gasteiger partial charge is 0.337 e. The number of hydrogen-bond donors (Lipinski definition) is 0. The molecule has 0 amide bonds. The molecule has 0 aliphatic carbocycles. The number of nitrogens with zero attached hydrogens (tertiary/aromatic N) is 1. The van der Waals surface area contributed by atoms with Crippen LogP contribution in [0, 0.1) is 5.92 Å². The van der Waals surface area contributed by atoms with Crippen molar-refractivity contribution in [2.75, 3.05) is 18.6 Å². The van der Waals surface area contributed by atoms with Gasteiger partial charge in [0.2, 0.25) is 0 Å². The Bertz CT molecular complexity index is 1050. The van der Waals surface area contributed by atoms with Gasteiger partial charge in [-0.15, -0.1) is 0 Å². The second kappa shape index (κ2) is 8.56. The number of carbonyl (C=O) groups is 1. The molecule has 0 aromatic heterocycles. The highest BCUT2D eigenvalue weighted by molar-refractivity contribution is 5.89. The molecule has 3 aromatic carbocycles. The fraction of sp³-hybridized carbons (Fsp3) is 0.296. The maximum atomic E-state index is 11.9. The summed E-state index contributed by atoms with van der Waals surface area (Å²) in [6, 6.07) is 27.3. The van der Waals surface area contributed by atoms with Gasteiger partial charge in [-0.3, -0.25) is 0 Å². The predicted molar refractivity (Wildman–Crippen MR) is 121 cm³/mol. The third kappa shape index (κ3) is 3.72. The molecule has 158 valence electrons. The second-order valence-electron chi connectivity index (χ2n) is 8.33. The van der Waals surface area contributed by atoms with Gasteiger partial charge in [0.15, 0.2) is 0 Å². The summed E-state index contributed by atoms with van der Waals surface area (Å²) < 4.78 is 11.2. The van der Waals surface area contributed by atoms with Crippen molar-refractivity contribution >= 4 is 11.7 Å². The van der Waals surface area contributed by atoms with Gasteiger partial charge < -0.3 is 14.4 Å². The summed E-state index contributed by atoms with van der Waals surface area (Å²) in [6.45, 7) is 1.63.